The van der Waals surface area contributed by atoms with E-state index in [9.17, 15) is 4.79 Å². The zero-order valence-corrected chi connectivity index (χ0v) is 14.8. The van der Waals surface area contributed by atoms with E-state index in [4.69, 9.17) is 4.74 Å². The van der Waals surface area contributed by atoms with Crippen molar-refractivity contribution in [3.63, 3.8) is 0 Å². The number of carbonyl (C=O) groups excluding carboxylic acids is 1. The largest absolute Gasteiger partial charge is 0.494 e. The maximum Gasteiger partial charge on any atom is 0.272 e. The Balaban J connectivity index is 1.47. The minimum atomic E-state index is -0.140. The SMILES string of the molecule is COc1ccc(C)cc1-n1ccc(C(=O)N[C@@H]2C[C@@H]2c2ccccc2)n1. The molecule has 1 aliphatic rings. The number of benzene rings is 2. The van der Waals surface area contributed by atoms with Crippen LogP contribution in [0.15, 0.2) is 60.8 Å². The molecule has 1 fully saturated rings. The number of hydrogen-bond donors (Lipinski definition) is 1. The second-order valence-corrected chi connectivity index (χ2v) is 6.65. The number of ether oxygens (including phenoxy) is 1. The van der Waals surface area contributed by atoms with Gasteiger partial charge in [0.1, 0.15) is 11.4 Å². The van der Waals surface area contributed by atoms with Crippen LogP contribution in [0.25, 0.3) is 5.69 Å². The first kappa shape index (κ1) is 16.4. The second kappa shape index (κ2) is 6.67. The van der Waals surface area contributed by atoms with Crippen LogP contribution in [0.5, 0.6) is 5.75 Å². The molecule has 1 heterocycles. The standard InChI is InChI=1S/C21H21N3O2/c1-14-8-9-20(26-2)19(12-14)24-11-10-17(23-24)21(25)22-18-13-16(18)15-6-4-3-5-7-15/h3-12,16,18H,13H2,1-2H3,(H,22,25)/t16-,18-/m1/s1. The summed E-state index contributed by atoms with van der Waals surface area (Å²) in [6, 6.07) is 18.1. The number of carbonyl (C=O) groups is 1. The van der Waals surface area contributed by atoms with Gasteiger partial charge in [-0.25, -0.2) is 4.68 Å². The summed E-state index contributed by atoms with van der Waals surface area (Å²) in [4.78, 5) is 12.5. The average Bonchev–Trinajstić information content (AvgIpc) is 3.25. The molecule has 132 valence electrons. The van der Waals surface area contributed by atoms with Gasteiger partial charge in [-0.2, -0.15) is 5.10 Å². The quantitative estimate of drug-likeness (QED) is 0.769. The van der Waals surface area contributed by atoms with Gasteiger partial charge in [0.2, 0.25) is 0 Å². The van der Waals surface area contributed by atoms with Crippen LogP contribution in [0, 0.1) is 6.92 Å². The molecule has 1 N–H and O–H groups in total. The van der Waals surface area contributed by atoms with E-state index >= 15 is 0 Å². The van der Waals surface area contributed by atoms with Gasteiger partial charge < -0.3 is 10.1 Å². The first-order chi connectivity index (χ1) is 12.7. The number of nitrogens with one attached hydrogen (secondary N) is 1. The van der Waals surface area contributed by atoms with Crippen LogP contribution in [0.4, 0.5) is 0 Å². The summed E-state index contributed by atoms with van der Waals surface area (Å²) in [5, 5.41) is 7.51. The fourth-order valence-corrected chi connectivity index (χ4v) is 3.22. The van der Waals surface area contributed by atoms with Crippen LogP contribution in [0.2, 0.25) is 0 Å². The summed E-state index contributed by atoms with van der Waals surface area (Å²) in [5.41, 5.74) is 3.60. The molecule has 4 rings (SSSR count). The zero-order valence-electron chi connectivity index (χ0n) is 14.8. The van der Waals surface area contributed by atoms with E-state index < -0.39 is 0 Å². The summed E-state index contributed by atoms with van der Waals surface area (Å²) in [5.74, 6) is 0.981. The molecule has 0 spiro atoms. The van der Waals surface area contributed by atoms with Crippen LogP contribution in [-0.2, 0) is 0 Å². The van der Waals surface area contributed by atoms with Crippen molar-refractivity contribution < 1.29 is 9.53 Å². The van der Waals surface area contributed by atoms with Crippen molar-refractivity contribution in [2.24, 2.45) is 0 Å². The van der Waals surface area contributed by atoms with Gasteiger partial charge >= 0.3 is 0 Å². The molecule has 3 aromatic rings. The summed E-state index contributed by atoms with van der Waals surface area (Å²) in [6.07, 6.45) is 2.76. The molecule has 0 radical (unpaired) electrons. The zero-order chi connectivity index (χ0) is 18.1. The molecule has 2 atom stereocenters. The molecule has 1 amide bonds. The highest BCUT2D eigenvalue weighted by molar-refractivity contribution is 5.92. The minimum Gasteiger partial charge on any atom is -0.494 e. The smallest absolute Gasteiger partial charge is 0.272 e. The lowest BCUT2D eigenvalue weighted by Crippen LogP contribution is -2.27. The maximum atomic E-state index is 12.5. The Hall–Kier alpha value is -3.08. The lowest BCUT2D eigenvalue weighted by Gasteiger charge is -2.09. The van der Waals surface area contributed by atoms with Crippen LogP contribution >= 0.6 is 0 Å². The Bertz CT molecular complexity index is 933. The number of aryl methyl sites for hydroxylation is 1. The summed E-state index contributed by atoms with van der Waals surface area (Å²) in [6.45, 7) is 2.01. The molecule has 0 unspecified atom stereocenters. The van der Waals surface area contributed by atoms with Gasteiger partial charge in [0.15, 0.2) is 5.69 Å². The Morgan fingerprint density at radius 1 is 1.19 bits per heavy atom. The van der Waals surface area contributed by atoms with Gasteiger partial charge in [-0.05, 0) is 42.7 Å². The molecule has 26 heavy (non-hydrogen) atoms. The molecule has 1 aromatic heterocycles. The normalized spacial score (nSPS) is 18.4. The topological polar surface area (TPSA) is 56.1 Å². The third-order valence-corrected chi connectivity index (χ3v) is 4.74. The van der Waals surface area contributed by atoms with Gasteiger partial charge in [0.05, 0.1) is 7.11 Å². The van der Waals surface area contributed by atoms with E-state index in [0.29, 0.717) is 11.6 Å². The monoisotopic (exact) mass is 347 g/mol. The Labute approximate surface area is 152 Å². The maximum absolute atomic E-state index is 12.5. The summed E-state index contributed by atoms with van der Waals surface area (Å²) < 4.78 is 7.08. The molecule has 1 aliphatic carbocycles. The molecule has 0 saturated heterocycles. The third kappa shape index (κ3) is 3.20. The average molecular weight is 347 g/mol. The van der Waals surface area contributed by atoms with Crippen molar-refractivity contribution in [2.75, 3.05) is 7.11 Å². The van der Waals surface area contributed by atoms with E-state index in [2.05, 4.69) is 22.5 Å². The van der Waals surface area contributed by atoms with Crippen molar-refractivity contribution in [2.45, 2.75) is 25.3 Å². The second-order valence-electron chi connectivity index (χ2n) is 6.65. The highest BCUT2D eigenvalue weighted by Gasteiger charge is 2.39. The Morgan fingerprint density at radius 2 is 2.00 bits per heavy atom. The number of methoxy groups -OCH3 is 1. The first-order valence-corrected chi connectivity index (χ1v) is 8.72. The van der Waals surface area contributed by atoms with Crippen molar-refractivity contribution >= 4 is 5.91 Å². The summed E-state index contributed by atoms with van der Waals surface area (Å²) in [7, 11) is 1.63. The lowest BCUT2D eigenvalue weighted by molar-refractivity contribution is 0.0945. The molecule has 0 bridgehead atoms. The van der Waals surface area contributed by atoms with Crippen molar-refractivity contribution in [3.05, 3.63) is 77.6 Å². The van der Waals surface area contributed by atoms with E-state index in [0.717, 1.165) is 23.4 Å². The minimum absolute atomic E-state index is 0.140. The molecule has 0 aliphatic heterocycles. The number of nitrogens with zero attached hydrogens (tertiary/aromatic N) is 2. The molecule has 5 heteroatoms. The molecule has 1 saturated carbocycles. The summed E-state index contributed by atoms with van der Waals surface area (Å²) >= 11 is 0. The van der Waals surface area contributed by atoms with E-state index in [1.54, 1.807) is 24.1 Å². The predicted octanol–water partition coefficient (Wildman–Crippen LogP) is 3.48. The van der Waals surface area contributed by atoms with Gasteiger partial charge in [-0.3, -0.25) is 4.79 Å². The fourth-order valence-electron chi connectivity index (χ4n) is 3.22. The highest BCUT2D eigenvalue weighted by Crippen LogP contribution is 2.40. The number of aromatic nitrogens is 2. The highest BCUT2D eigenvalue weighted by atomic mass is 16.5. The van der Waals surface area contributed by atoms with Gasteiger partial charge in [-0.1, -0.05) is 36.4 Å². The van der Waals surface area contributed by atoms with Crippen LogP contribution in [0.3, 0.4) is 0 Å². The van der Waals surface area contributed by atoms with Crippen LogP contribution in [0.1, 0.15) is 34.0 Å². The number of amides is 1. The van der Waals surface area contributed by atoms with Gasteiger partial charge in [0.25, 0.3) is 5.91 Å². The van der Waals surface area contributed by atoms with Gasteiger partial charge in [-0.15, -0.1) is 0 Å². The lowest BCUT2D eigenvalue weighted by atomic mass is 10.1. The number of rotatable bonds is 5. The molecule has 5 nitrogen and oxygen atoms in total. The van der Waals surface area contributed by atoms with E-state index in [1.165, 1.54) is 5.56 Å². The van der Waals surface area contributed by atoms with Crippen LogP contribution < -0.4 is 10.1 Å². The Kier molecular flexibility index (Phi) is 4.21. The van der Waals surface area contributed by atoms with Crippen LogP contribution in [-0.4, -0.2) is 28.8 Å². The molecule has 2 aromatic carbocycles. The predicted molar refractivity (Wildman–Crippen MR) is 99.9 cm³/mol. The Morgan fingerprint density at radius 3 is 2.77 bits per heavy atom. The number of hydrogen-bond acceptors (Lipinski definition) is 3. The van der Waals surface area contributed by atoms with Crippen molar-refractivity contribution in [1.29, 1.82) is 0 Å². The third-order valence-electron chi connectivity index (χ3n) is 4.74. The van der Waals surface area contributed by atoms with E-state index in [1.807, 2.05) is 43.3 Å². The van der Waals surface area contributed by atoms with Crippen molar-refractivity contribution in [3.8, 4) is 11.4 Å². The molecular weight excluding hydrogens is 326 g/mol. The van der Waals surface area contributed by atoms with Crippen molar-refractivity contribution in [1.82, 2.24) is 15.1 Å². The fraction of sp³-hybridized carbons (Fsp3) is 0.238. The molecular formula is C21H21N3O2. The van der Waals surface area contributed by atoms with Gasteiger partial charge in [0, 0.05) is 18.2 Å². The van der Waals surface area contributed by atoms with E-state index in [-0.39, 0.29) is 11.9 Å². The first-order valence-electron chi connectivity index (χ1n) is 8.72.